The minimum atomic E-state index is -1.28. The van der Waals surface area contributed by atoms with Crippen molar-refractivity contribution < 1.29 is 33.8 Å². The number of ether oxygens (including phenoxy) is 2. The molecule has 0 aliphatic carbocycles. The third-order valence-electron chi connectivity index (χ3n) is 11.0. The predicted octanol–water partition coefficient (Wildman–Crippen LogP) is 5.40. The highest BCUT2D eigenvalue weighted by Gasteiger charge is 2.76. The van der Waals surface area contributed by atoms with E-state index in [0.29, 0.717) is 43.5 Å². The van der Waals surface area contributed by atoms with Gasteiger partial charge < -0.3 is 29.3 Å². The van der Waals surface area contributed by atoms with Crippen LogP contribution in [0.4, 0.5) is 0 Å². The van der Waals surface area contributed by atoms with Crippen molar-refractivity contribution in [3.8, 4) is 0 Å². The van der Waals surface area contributed by atoms with E-state index in [9.17, 15) is 24.3 Å². The van der Waals surface area contributed by atoms with Crippen LogP contribution in [0.3, 0.4) is 0 Å². The van der Waals surface area contributed by atoms with E-state index in [0.717, 1.165) is 19.3 Å². The first kappa shape index (κ1) is 38.0. The van der Waals surface area contributed by atoms with Crippen LogP contribution in [0.25, 0.3) is 0 Å². The maximum atomic E-state index is 14.9. The minimum Gasteiger partial charge on any atom is -0.455 e. The van der Waals surface area contributed by atoms with Crippen molar-refractivity contribution in [2.75, 3.05) is 26.7 Å². The zero-order valence-electron chi connectivity index (χ0n) is 30.2. The van der Waals surface area contributed by atoms with Gasteiger partial charge in [-0.25, -0.2) is 0 Å². The second-order valence-corrected chi connectivity index (χ2v) is 14.0. The van der Waals surface area contributed by atoms with Crippen molar-refractivity contribution >= 4 is 23.7 Å². The summed E-state index contributed by atoms with van der Waals surface area (Å²) in [5.74, 6) is -3.37. The lowest BCUT2D eigenvalue weighted by Gasteiger charge is -2.39. The number of likely N-dealkylation sites (N-methyl/N-ethyl adjacent to an activating group) is 1. The zero-order chi connectivity index (χ0) is 36.7. The Balaban J connectivity index is 1.52. The van der Waals surface area contributed by atoms with Crippen molar-refractivity contribution in [2.45, 2.75) is 94.7 Å². The van der Waals surface area contributed by atoms with Crippen molar-refractivity contribution in [3.63, 3.8) is 0 Å². The molecule has 10 nitrogen and oxygen atoms in total. The van der Waals surface area contributed by atoms with Gasteiger partial charge in [-0.3, -0.25) is 19.2 Å². The number of likely N-dealkylation sites (tertiary alicyclic amines) is 1. The molecule has 3 aliphatic heterocycles. The molecular weight excluding hydrogens is 646 g/mol. The number of benzene rings is 2. The second-order valence-electron chi connectivity index (χ2n) is 14.0. The molecule has 3 fully saturated rings. The summed E-state index contributed by atoms with van der Waals surface area (Å²) < 4.78 is 13.1. The minimum absolute atomic E-state index is 0.108. The lowest BCUT2D eigenvalue weighted by atomic mass is 9.70. The van der Waals surface area contributed by atoms with Gasteiger partial charge in [-0.15, -0.1) is 13.2 Å². The van der Waals surface area contributed by atoms with Crippen LogP contribution in [0.5, 0.6) is 0 Å². The average molecular weight is 700 g/mol. The summed E-state index contributed by atoms with van der Waals surface area (Å²) in [6.45, 7) is 11.9. The number of aliphatic hydroxyl groups excluding tert-OH is 1. The summed E-state index contributed by atoms with van der Waals surface area (Å²) in [6, 6.07) is 16.0. The van der Waals surface area contributed by atoms with E-state index in [1.54, 1.807) is 29.0 Å². The molecule has 8 atom stereocenters. The smallest absolute Gasteiger partial charge is 0.313 e. The number of nitrogens with zero attached hydrogens (tertiary/aromatic N) is 3. The number of aliphatic hydroxyl groups is 1. The number of carbonyl (C=O) groups is 4. The first-order valence-electron chi connectivity index (χ1n) is 18.3. The Labute approximate surface area is 302 Å². The van der Waals surface area contributed by atoms with E-state index in [2.05, 4.69) is 20.1 Å². The van der Waals surface area contributed by atoms with E-state index < -0.39 is 66.3 Å². The molecule has 3 saturated heterocycles. The van der Waals surface area contributed by atoms with Crippen molar-refractivity contribution in [1.29, 1.82) is 0 Å². The number of amides is 3. The number of rotatable bonds is 18. The number of carbonyl (C=O) groups excluding carboxylic acids is 4. The Hall–Kier alpha value is -4.28. The van der Waals surface area contributed by atoms with Gasteiger partial charge in [-0.1, -0.05) is 92.6 Å². The maximum absolute atomic E-state index is 14.9. The zero-order valence-corrected chi connectivity index (χ0v) is 30.2. The summed E-state index contributed by atoms with van der Waals surface area (Å²) in [7, 11) is 1.69. The first-order chi connectivity index (χ1) is 24.6. The van der Waals surface area contributed by atoms with Crippen molar-refractivity contribution in [3.05, 3.63) is 97.1 Å². The summed E-state index contributed by atoms with van der Waals surface area (Å²) in [5.41, 5.74) is 0.115. The van der Waals surface area contributed by atoms with Crippen molar-refractivity contribution in [2.24, 2.45) is 11.8 Å². The fourth-order valence-corrected chi connectivity index (χ4v) is 8.30. The van der Waals surface area contributed by atoms with E-state index in [4.69, 9.17) is 9.47 Å². The van der Waals surface area contributed by atoms with Gasteiger partial charge in [0.15, 0.2) is 0 Å². The Morgan fingerprint density at radius 1 is 1.06 bits per heavy atom. The monoisotopic (exact) mass is 699 g/mol. The number of hydrogen-bond acceptors (Lipinski definition) is 7. The van der Waals surface area contributed by atoms with Crippen LogP contribution in [0.1, 0.15) is 82.1 Å². The van der Waals surface area contributed by atoms with E-state index >= 15 is 0 Å². The molecule has 0 saturated carbocycles. The Morgan fingerprint density at radius 2 is 1.73 bits per heavy atom. The quantitative estimate of drug-likeness (QED) is 0.126. The fourth-order valence-electron chi connectivity index (χ4n) is 8.30. The molecule has 3 amide bonds. The van der Waals surface area contributed by atoms with Crippen molar-refractivity contribution in [1.82, 2.24) is 14.7 Å². The largest absolute Gasteiger partial charge is 0.455 e. The molecule has 0 aromatic heterocycles. The van der Waals surface area contributed by atoms with Crippen LogP contribution in [-0.4, -0.2) is 94.0 Å². The molecular formula is C41H53N3O7. The lowest BCUT2D eigenvalue weighted by Crippen LogP contribution is -2.57. The van der Waals surface area contributed by atoms with Crippen LogP contribution in [0, 0.1) is 11.8 Å². The molecule has 10 heteroatoms. The molecule has 51 heavy (non-hydrogen) atoms. The number of esters is 1. The molecule has 1 N–H and O–H groups in total. The topological polar surface area (TPSA) is 117 Å². The van der Waals surface area contributed by atoms with E-state index in [-0.39, 0.29) is 18.2 Å². The maximum Gasteiger partial charge on any atom is 0.313 e. The second kappa shape index (κ2) is 16.8. The number of hydrogen-bond donors (Lipinski definition) is 1. The fraction of sp³-hybridized carbons (Fsp3) is 0.512. The Morgan fingerprint density at radius 3 is 2.33 bits per heavy atom. The van der Waals surface area contributed by atoms with Gasteiger partial charge in [0, 0.05) is 26.6 Å². The predicted molar refractivity (Wildman–Crippen MR) is 194 cm³/mol. The Kier molecular flexibility index (Phi) is 12.5. The average Bonchev–Trinajstić information content (AvgIpc) is 3.80. The number of fused-ring (bicyclic) bond motifs is 1. The third kappa shape index (κ3) is 7.39. The van der Waals surface area contributed by atoms with Gasteiger partial charge in [0.25, 0.3) is 0 Å². The molecule has 0 radical (unpaired) electrons. The SMILES string of the molecule is C=CCCC(=O)N(C)[C@@H](C)[C@@H](OC(=O)[C@@H]1[C@H]2C(=O)N([C@H](CO)c3ccccc3)[C@H](C(=O)N(CC=C)CCCCC)[C@]23CC[C@H]1O3)c1ccccc1. The molecule has 3 heterocycles. The summed E-state index contributed by atoms with van der Waals surface area (Å²) in [5, 5.41) is 10.8. The highest BCUT2D eigenvalue weighted by Crippen LogP contribution is 2.60. The standard InChI is InChI=1S/C41H53N3O7/c1-6-9-17-26-43(25-8-3)39(48)37-41-24-23-32(51-41)34(35(41)38(47)44(37)31(27-45)29-18-13-11-14-19-29)40(49)50-36(30-20-15-12-16-21-30)28(4)42(5)33(46)22-10-7-2/h7-8,11-16,18-21,28,31-32,34-37,45H,2-3,6,9-10,17,22-27H2,1,4-5H3/t28-,31+,32+,34-,35-,36+,37+,41-/m0/s1. The van der Waals surface area contributed by atoms with Crippen LogP contribution in [-0.2, 0) is 28.7 Å². The molecule has 2 aromatic carbocycles. The van der Waals surface area contributed by atoms with Crippen LogP contribution < -0.4 is 0 Å². The molecule has 1 spiro atoms. The van der Waals surface area contributed by atoms with E-state index in [1.807, 2.05) is 67.6 Å². The number of unbranched alkanes of at least 4 members (excludes halogenated alkanes) is 2. The van der Waals surface area contributed by atoms with Crippen LogP contribution in [0.15, 0.2) is 86.0 Å². The lowest BCUT2D eigenvalue weighted by molar-refractivity contribution is -0.165. The molecule has 3 aliphatic rings. The van der Waals surface area contributed by atoms with Gasteiger partial charge in [-0.05, 0) is 43.7 Å². The highest BCUT2D eigenvalue weighted by atomic mass is 16.6. The van der Waals surface area contributed by atoms with Gasteiger partial charge in [0.05, 0.1) is 36.6 Å². The van der Waals surface area contributed by atoms with E-state index in [1.165, 1.54) is 4.90 Å². The molecule has 0 unspecified atom stereocenters. The summed E-state index contributed by atoms with van der Waals surface area (Å²) >= 11 is 0. The van der Waals surface area contributed by atoms with Gasteiger partial charge in [0.2, 0.25) is 17.7 Å². The molecule has 274 valence electrons. The van der Waals surface area contributed by atoms with Crippen LogP contribution in [0.2, 0.25) is 0 Å². The summed E-state index contributed by atoms with van der Waals surface area (Å²) in [6.07, 6.45) is 6.31. The normalized spacial score (nSPS) is 25.1. The summed E-state index contributed by atoms with van der Waals surface area (Å²) in [4.78, 5) is 62.0. The van der Waals surface area contributed by atoms with Gasteiger partial charge in [0.1, 0.15) is 17.7 Å². The molecule has 2 bridgehead atoms. The third-order valence-corrected chi connectivity index (χ3v) is 11.0. The highest BCUT2D eigenvalue weighted by molar-refractivity contribution is 5.98. The molecule has 5 rings (SSSR count). The first-order valence-corrected chi connectivity index (χ1v) is 18.3. The molecule has 2 aromatic rings. The van der Waals surface area contributed by atoms with Gasteiger partial charge in [-0.2, -0.15) is 0 Å². The van der Waals surface area contributed by atoms with Gasteiger partial charge >= 0.3 is 5.97 Å². The van der Waals surface area contributed by atoms with Crippen LogP contribution >= 0.6 is 0 Å². The Bertz CT molecular complexity index is 1550. The number of allylic oxidation sites excluding steroid dienone is 1.